The Hall–Kier alpha value is -1.24. The summed E-state index contributed by atoms with van der Waals surface area (Å²) < 4.78 is 16.7. The molecule has 2 aliphatic rings. The van der Waals surface area contributed by atoms with Crippen molar-refractivity contribution in [3.63, 3.8) is 0 Å². The number of allylic oxidation sites excluding steroid dienone is 2. The lowest BCUT2D eigenvalue weighted by Gasteiger charge is -2.31. The zero-order chi connectivity index (χ0) is 22.7. The van der Waals surface area contributed by atoms with Crippen LogP contribution in [0, 0.1) is 23.7 Å². The Bertz CT molecular complexity index is 579. The standard InChI is InChI=1S/C25H42O6/c1-19(2)9-8-13-25(30-15-16-31-25)14-12-21-20(18-26)17-23(27)22(21)10-6-4-5-7-11-24(28)29-3/h4,6,19-22,26H,5,7-18H2,1-3H3/t20?,21-,22?/m0/s1. The summed E-state index contributed by atoms with van der Waals surface area (Å²) in [7, 11) is 1.40. The minimum absolute atomic E-state index is 0.0272. The summed E-state index contributed by atoms with van der Waals surface area (Å²) in [6, 6.07) is 0. The molecule has 0 aromatic heterocycles. The van der Waals surface area contributed by atoms with E-state index < -0.39 is 5.79 Å². The number of rotatable bonds is 14. The molecule has 6 nitrogen and oxygen atoms in total. The quantitative estimate of drug-likeness (QED) is 0.245. The summed E-state index contributed by atoms with van der Waals surface area (Å²) in [5.41, 5.74) is 0. The monoisotopic (exact) mass is 438 g/mol. The molecule has 6 heteroatoms. The molecule has 1 aliphatic heterocycles. The van der Waals surface area contributed by atoms with Gasteiger partial charge in [0.05, 0.1) is 20.3 Å². The van der Waals surface area contributed by atoms with Gasteiger partial charge in [0.25, 0.3) is 0 Å². The molecular formula is C25H42O6. The van der Waals surface area contributed by atoms with E-state index in [1.54, 1.807) is 0 Å². The number of carbonyl (C=O) groups is 2. The number of carbonyl (C=O) groups excluding carboxylic acids is 2. The lowest BCUT2D eigenvalue weighted by atomic mass is 9.82. The summed E-state index contributed by atoms with van der Waals surface area (Å²) in [5.74, 6) is 0.339. The summed E-state index contributed by atoms with van der Waals surface area (Å²) in [5, 5.41) is 9.87. The van der Waals surface area contributed by atoms with Crippen molar-refractivity contribution in [2.24, 2.45) is 23.7 Å². The molecule has 1 saturated heterocycles. The third kappa shape index (κ3) is 8.32. The van der Waals surface area contributed by atoms with Gasteiger partial charge in [-0.3, -0.25) is 9.59 Å². The molecule has 0 spiro atoms. The van der Waals surface area contributed by atoms with Gasteiger partial charge in [-0.2, -0.15) is 0 Å². The van der Waals surface area contributed by atoms with Gasteiger partial charge in [-0.25, -0.2) is 0 Å². The van der Waals surface area contributed by atoms with E-state index in [0.29, 0.717) is 38.4 Å². The Labute approximate surface area is 187 Å². The number of methoxy groups -OCH3 is 1. The molecule has 0 amide bonds. The number of ketones is 1. The summed E-state index contributed by atoms with van der Waals surface area (Å²) in [6.45, 7) is 5.77. The van der Waals surface area contributed by atoms with Crippen LogP contribution in [-0.2, 0) is 23.8 Å². The second kappa shape index (κ2) is 13.3. The van der Waals surface area contributed by atoms with Crippen molar-refractivity contribution in [2.75, 3.05) is 26.9 Å². The van der Waals surface area contributed by atoms with Gasteiger partial charge in [0.15, 0.2) is 5.79 Å². The van der Waals surface area contributed by atoms with E-state index in [9.17, 15) is 14.7 Å². The van der Waals surface area contributed by atoms with E-state index in [1.165, 1.54) is 7.11 Å². The number of ether oxygens (including phenoxy) is 3. The molecule has 2 rings (SSSR count). The van der Waals surface area contributed by atoms with Gasteiger partial charge in [-0.1, -0.05) is 32.4 Å². The maximum Gasteiger partial charge on any atom is 0.305 e. The molecule has 0 aromatic rings. The zero-order valence-electron chi connectivity index (χ0n) is 19.6. The average Bonchev–Trinajstić information content (AvgIpc) is 3.33. The summed E-state index contributed by atoms with van der Waals surface area (Å²) >= 11 is 0. The first kappa shape index (κ1) is 26.0. The number of Topliss-reactive ketones (excluding diaryl/α,β-unsaturated/α-hetero) is 1. The van der Waals surface area contributed by atoms with E-state index in [4.69, 9.17) is 9.47 Å². The molecule has 0 aromatic carbocycles. The molecule has 2 fully saturated rings. The first-order valence-electron chi connectivity index (χ1n) is 12.0. The molecular weight excluding hydrogens is 396 g/mol. The van der Waals surface area contributed by atoms with Crippen LogP contribution in [0.25, 0.3) is 0 Å². The Kier molecular flexibility index (Phi) is 11.2. The predicted molar refractivity (Wildman–Crippen MR) is 119 cm³/mol. The van der Waals surface area contributed by atoms with Crippen LogP contribution in [0.15, 0.2) is 12.2 Å². The van der Waals surface area contributed by atoms with Crippen LogP contribution in [-0.4, -0.2) is 49.6 Å². The number of unbranched alkanes of at least 4 members (excludes halogenated alkanes) is 1. The Morgan fingerprint density at radius 2 is 1.97 bits per heavy atom. The highest BCUT2D eigenvalue weighted by atomic mass is 16.7. The number of hydrogen-bond donors (Lipinski definition) is 1. The highest BCUT2D eigenvalue weighted by molar-refractivity contribution is 5.84. The minimum atomic E-state index is -0.519. The summed E-state index contributed by atoms with van der Waals surface area (Å²) in [6.07, 6.45) is 12.0. The second-order valence-corrected chi connectivity index (χ2v) is 9.49. The lowest BCUT2D eigenvalue weighted by Crippen LogP contribution is -2.32. The van der Waals surface area contributed by atoms with E-state index in [-0.39, 0.29) is 36.1 Å². The highest BCUT2D eigenvalue weighted by Crippen LogP contribution is 2.42. The van der Waals surface area contributed by atoms with Gasteiger partial charge >= 0.3 is 5.97 Å². The van der Waals surface area contributed by atoms with Crippen molar-refractivity contribution in [1.82, 2.24) is 0 Å². The minimum Gasteiger partial charge on any atom is -0.469 e. The summed E-state index contributed by atoms with van der Waals surface area (Å²) in [4.78, 5) is 23.8. The molecule has 0 radical (unpaired) electrons. The fraction of sp³-hybridized carbons (Fsp3) is 0.840. The van der Waals surface area contributed by atoms with E-state index >= 15 is 0 Å². The number of hydrogen-bond acceptors (Lipinski definition) is 6. The molecule has 31 heavy (non-hydrogen) atoms. The van der Waals surface area contributed by atoms with Crippen LogP contribution in [0.1, 0.15) is 78.1 Å². The maximum absolute atomic E-state index is 12.7. The van der Waals surface area contributed by atoms with Gasteiger partial charge in [0.1, 0.15) is 5.78 Å². The van der Waals surface area contributed by atoms with Crippen molar-refractivity contribution in [3.05, 3.63) is 12.2 Å². The van der Waals surface area contributed by atoms with Crippen LogP contribution >= 0.6 is 0 Å². The van der Waals surface area contributed by atoms with E-state index in [1.807, 2.05) is 0 Å². The highest BCUT2D eigenvalue weighted by Gasteiger charge is 2.44. The molecule has 1 heterocycles. The first-order valence-corrected chi connectivity index (χ1v) is 12.0. The van der Waals surface area contributed by atoms with E-state index in [2.05, 4.69) is 30.7 Å². The normalized spacial score (nSPS) is 25.7. The van der Waals surface area contributed by atoms with Crippen molar-refractivity contribution in [1.29, 1.82) is 0 Å². The van der Waals surface area contributed by atoms with Crippen molar-refractivity contribution in [2.45, 2.75) is 83.8 Å². The van der Waals surface area contributed by atoms with Crippen LogP contribution in [0.3, 0.4) is 0 Å². The number of aliphatic hydroxyl groups excluding tert-OH is 1. The molecule has 3 atom stereocenters. The predicted octanol–water partition coefficient (Wildman–Crippen LogP) is 4.44. The van der Waals surface area contributed by atoms with Crippen LogP contribution in [0.2, 0.25) is 0 Å². The molecule has 1 N–H and O–H groups in total. The third-order valence-electron chi connectivity index (χ3n) is 6.78. The van der Waals surface area contributed by atoms with Crippen molar-refractivity contribution < 1.29 is 28.9 Å². The zero-order valence-corrected chi connectivity index (χ0v) is 19.6. The third-order valence-corrected chi connectivity index (χ3v) is 6.78. The first-order chi connectivity index (χ1) is 14.9. The largest absolute Gasteiger partial charge is 0.469 e. The maximum atomic E-state index is 12.7. The molecule has 2 unspecified atom stereocenters. The number of esters is 1. The Morgan fingerprint density at radius 3 is 2.61 bits per heavy atom. The van der Waals surface area contributed by atoms with Gasteiger partial charge in [-0.15, -0.1) is 0 Å². The molecule has 1 aliphatic carbocycles. The van der Waals surface area contributed by atoms with Crippen LogP contribution in [0.4, 0.5) is 0 Å². The second-order valence-electron chi connectivity index (χ2n) is 9.49. The SMILES string of the molecule is COC(=O)CCCC=CCC1C(=O)CC(CO)[C@@H]1CCC1(CCCC(C)C)OCCO1. The smallest absolute Gasteiger partial charge is 0.305 e. The van der Waals surface area contributed by atoms with E-state index in [0.717, 1.165) is 44.9 Å². The molecule has 1 saturated carbocycles. The van der Waals surface area contributed by atoms with Crippen LogP contribution in [0.5, 0.6) is 0 Å². The molecule has 178 valence electrons. The van der Waals surface area contributed by atoms with Crippen molar-refractivity contribution in [3.8, 4) is 0 Å². The van der Waals surface area contributed by atoms with Crippen LogP contribution < -0.4 is 0 Å². The Morgan fingerprint density at radius 1 is 1.23 bits per heavy atom. The average molecular weight is 439 g/mol. The van der Waals surface area contributed by atoms with Crippen molar-refractivity contribution >= 4 is 11.8 Å². The van der Waals surface area contributed by atoms with Gasteiger partial charge in [-0.05, 0) is 49.9 Å². The van der Waals surface area contributed by atoms with Gasteiger partial charge in [0.2, 0.25) is 0 Å². The van der Waals surface area contributed by atoms with Gasteiger partial charge < -0.3 is 19.3 Å². The Balaban J connectivity index is 1.89. The fourth-order valence-electron chi connectivity index (χ4n) is 4.98. The topological polar surface area (TPSA) is 82.1 Å². The van der Waals surface area contributed by atoms with Gasteiger partial charge in [0, 0.05) is 38.2 Å². The number of aliphatic hydroxyl groups is 1. The lowest BCUT2D eigenvalue weighted by molar-refractivity contribution is -0.171. The molecule has 0 bridgehead atoms. The fourth-order valence-corrected chi connectivity index (χ4v) is 4.98.